The molecule has 0 amide bonds. The van der Waals surface area contributed by atoms with Crippen LogP contribution in [0.3, 0.4) is 0 Å². The maximum Gasteiger partial charge on any atom is 0.124 e. The van der Waals surface area contributed by atoms with E-state index in [0.717, 1.165) is 55.0 Å². The largest absolute Gasteiger partial charge is 0.508 e. The molecule has 1 N–H and O–H groups in total. The Kier molecular flexibility index (Phi) is 6.26. The van der Waals surface area contributed by atoms with Crippen LogP contribution < -0.4 is 9.47 Å². The number of hydrogen-bond donors (Lipinski definition) is 1. The van der Waals surface area contributed by atoms with E-state index in [9.17, 15) is 5.11 Å². The summed E-state index contributed by atoms with van der Waals surface area (Å²) in [5.41, 5.74) is 3.26. The minimum absolute atomic E-state index is 0.207. The van der Waals surface area contributed by atoms with Crippen molar-refractivity contribution < 1.29 is 19.3 Å². The number of phenols is 1. The molecule has 1 fully saturated rings. The molecule has 2 unspecified atom stereocenters. The molecule has 0 bridgehead atoms. The number of fused-ring (bicyclic) bond motifs is 1. The van der Waals surface area contributed by atoms with E-state index < -0.39 is 0 Å². The molecule has 0 spiro atoms. The van der Waals surface area contributed by atoms with E-state index in [-0.39, 0.29) is 12.2 Å². The second kappa shape index (κ2) is 9.06. The first-order chi connectivity index (χ1) is 14.1. The van der Waals surface area contributed by atoms with Crippen LogP contribution in [0.25, 0.3) is 0 Å². The fraction of sp³-hybridized carbons (Fsp3) is 0.500. The van der Waals surface area contributed by atoms with Gasteiger partial charge in [0.25, 0.3) is 0 Å². The van der Waals surface area contributed by atoms with E-state index in [2.05, 4.69) is 24.0 Å². The Morgan fingerprint density at radius 2 is 2.00 bits per heavy atom. The summed E-state index contributed by atoms with van der Waals surface area (Å²) in [4.78, 5) is 2.34. The van der Waals surface area contributed by atoms with Crippen molar-refractivity contribution in [2.24, 2.45) is 0 Å². The molecule has 2 aromatic rings. The molecule has 0 saturated carbocycles. The van der Waals surface area contributed by atoms with E-state index in [4.69, 9.17) is 14.2 Å². The fourth-order valence-corrected chi connectivity index (χ4v) is 4.28. The van der Waals surface area contributed by atoms with Gasteiger partial charge in [0.15, 0.2) is 0 Å². The number of benzene rings is 2. The molecule has 2 heterocycles. The van der Waals surface area contributed by atoms with Crippen LogP contribution in [0.1, 0.15) is 43.4 Å². The normalized spacial score (nSPS) is 20.7. The molecule has 1 saturated heterocycles. The molecule has 5 nitrogen and oxygen atoms in total. The second-order valence-electron chi connectivity index (χ2n) is 8.07. The van der Waals surface area contributed by atoms with Gasteiger partial charge in [0.1, 0.15) is 23.4 Å². The minimum atomic E-state index is 0.207. The number of phenolic OH excluding ortho intramolecular Hbond substituents is 1. The smallest absolute Gasteiger partial charge is 0.124 e. The van der Waals surface area contributed by atoms with Gasteiger partial charge in [0.2, 0.25) is 0 Å². The molecule has 2 atom stereocenters. The highest BCUT2D eigenvalue weighted by Crippen LogP contribution is 2.36. The zero-order valence-corrected chi connectivity index (χ0v) is 17.4. The van der Waals surface area contributed by atoms with Crippen molar-refractivity contribution in [2.45, 2.75) is 58.4 Å². The third kappa shape index (κ3) is 4.85. The predicted molar refractivity (Wildman–Crippen MR) is 113 cm³/mol. The van der Waals surface area contributed by atoms with Gasteiger partial charge in [-0.25, -0.2) is 0 Å². The van der Waals surface area contributed by atoms with Crippen molar-refractivity contribution in [2.75, 3.05) is 19.8 Å². The first-order valence-electron chi connectivity index (χ1n) is 10.7. The highest BCUT2D eigenvalue weighted by molar-refractivity contribution is 5.48. The van der Waals surface area contributed by atoms with Gasteiger partial charge >= 0.3 is 0 Å². The highest BCUT2D eigenvalue weighted by atomic mass is 16.5. The zero-order valence-electron chi connectivity index (χ0n) is 17.4. The van der Waals surface area contributed by atoms with Crippen LogP contribution in [0.15, 0.2) is 36.4 Å². The molecular formula is C24H31NO4. The number of ether oxygens (including phenoxy) is 3. The Hall–Kier alpha value is -2.24. The van der Waals surface area contributed by atoms with E-state index in [1.54, 1.807) is 6.07 Å². The number of hydrogen-bond acceptors (Lipinski definition) is 5. The lowest BCUT2D eigenvalue weighted by atomic mass is 10.1. The van der Waals surface area contributed by atoms with Crippen LogP contribution in [0, 0.1) is 0 Å². The van der Waals surface area contributed by atoms with Gasteiger partial charge in [0, 0.05) is 49.4 Å². The quantitative estimate of drug-likeness (QED) is 0.720. The Labute approximate surface area is 173 Å². The summed E-state index contributed by atoms with van der Waals surface area (Å²) >= 11 is 0. The Morgan fingerprint density at radius 1 is 1.17 bits per heavy atom. The lowest BCUT2D eigenvalue weighted by Crippen LogP contribution is -2.31. The van der Waals surface area contributed by atoms with E-state index in [1.165, 1.54) is 5.56 Å². The van der Waals surface area contributed by atoms with Gasteiger partial charge in [-0.05, 0) is 44.9 Å². The number of aromatic hydroxyl groups is 1. The third-order valence-electron chi connectivity index (χ3n) is 5.64. The molecule has 5 heteroatoms. The van der Waals surface area contributed by atoms with Crippen molar-refractivity contribution >= 4 is 0 Å². The van der Waals surface area contributed by atoms with Crippen molar-refractivity contribution in [3.05, 3.63) is 53.1 Å². The molecule has 2 aliphatic rings. The summed E-state index contributed by atoms with van der Waals surface area (Å²) in [6.45, 7) is 7.79. The van der Waals surface area contributed by atoms with Crippen molar-refractivity contribution in [3.8, 4) is 17.2 Å². The summed E-state index contributed by atoms with van der Waals surface area (Å²) in [6, 6.07) is 11.8. The highest BCUT2D eigenvalue weighted by Gasteiger charge is 2.25. The van der Waals surface area contributed by atoms with Gasteiger partial charge in [0.05, 0.1) is 12.7 Å². The average Bonchev–Trinajstić information content (AvgIpc) is 3.32. The van der Waals surface area contributed by atoms with Gasteiger partial charge in [-0.15, -0.1) is 0 Å². The zero-order chi connectivity index (χ0) is 20.2. The molecule has 2 aliphatic heterocycles. The van der Waals surface area contributed by atoms with E-state index in [0.29, 0.717) is 25.4 Å². The second-order valence-corrected chi connectivity index (χ2v) is 8.07. The first kappa shape index (κ1) is 20.0. The summed E-state index contributed by atoms with van der Waals surface area (Å²) in [6.07, 6.45) is 3.57. The van der Waals surface area contributed by atoms with Gasteiger partial charge in [-0.3, -0.25) is 4.90 Å². The van der Waals surface area contributed by atoms with Crippen LogP contribution >= 0.6 is 0 Å². The molecule has 156 valence electrons. The van der Waals surface area contributed by atoms with Gasteiger partial charge in [-0.1, -0.05) is 18.2 Å². The molecule has 0 aromatic heterocycles. The molecular weight excluding hydrogens is 366 g/mol. The van der Waals surface area contributed by atoms with Crippen LogP contribution in [0.5, 0.6) is 17.2 Å². The van der Waals surface area contributed by atoms with Crippen molar-refractivity contribution in [1.82, 2.24) is 4.90 Å². The Bertz CT molecular complexity index is 832. The molecule has 0 aliphatic carbocycles. The average molecular weight is 398 g/mol. The maximum atomic E-state index is 10.3. The molecule has 29 heavy (non-hydrogen) atoms. The molecule has 2 aromatic carbocycles. The lowest BCUT2D eigenvalue weighted by molar-refractivity contribution is 0.0672. The fourth-order valence-electron chi connectivity index (χ4n) is 4.28. The molecule has 0 radical (unpaired) electrons. The first-order valence-corrected chi connectivity index (χ1v) is 10.7. The van der Waals surface area contributed by atoms with Crippen LogP contribution in [-0.2, 0) is 24.2 Å². The number of para-hydroxylation sites is 1. The van der Waals surface area contributed by atoms with Gasteiger partial charge in [-0.2, -0.15) is 0 Å². The van der Waals surface area contributed by atoms with Crippen LogP contribution in [-0.4, -0.2) is 42.0 Å². The van der Waals surface area contributed by atoms with E-state index in [1.807, 2.05) is 25.1 Å². The summed E-state index contributed by atoms with van der Waals surface area (Å²) in [5, 5.41) is 10.3. The predicted octanol–water partition coefficient (Wildman–Crippen LogP) is 4.30. The SMILES string of the molecule is CCOc1cc2c(cc1CN(Cc1ccccc1O)CC1CCCO1)OC(C)C2. The van der Waals surface area contributed by atoms with Gasteiger partial charge < -0.3 is 19.3 Å². The standard InChI is InChI=1S/C24H31NO4/c1-3-27-23-12-19-11-17(2)29-24(19)13-20(23)15-25(16-21-8-6-10-28-21)14-18-7-4-5-9-22(18)26/h4-5,7,9,12-13,17,21,26H,3,6,8,10-11,14-16H2,1-2H3. The number of nitrogens with zero attached hydrogens (tertiary/aromatic N) is 1. The summed E-state index contributed by atoms with van der Waals surface area (Å²) in [5.74, 6) is 2.23. The number of rotatable bonds is 8. The Balaban J connectivity index is 1.59. The maximum absolute atomic E-state index is 10.3. The van der Waals surface area contributed by atoms with Crippen LogP contribution in [0.2, 0.25) is 0 Å². The van der Waals surface area contributed by atoms with Crippen molar-refractivity contribution in [3.63, 3.8) is 0 Å². The third-order valence-corrected chi connectivity index (χ3v) is 5.64. The monoisotopic (exact) mass is 397 g/mol. The van der Waals surface area contributed by atoms with E-state index >= 15 is 0 Å². The topological polar surface area (TPSA) is 51.2 Å². The Morgan fingerprint density at radius 3 is 2.76 bits per heavy atom. The van der Waals surface area contributed by atoms with Crippen molar-refractivity contribution in [1.29, 1.82) is 0 Å². The summed E-state index contributed by atoms with van der Waals surface area (Å²) in [7, 11) is 0. The molecule has 4 rings (SSSR count). The lowest BCUT2D eigenvalue weighted by Gasteiger charge is -2.27. The minimum Gasteiger partial charge on any atom is -0.508 e. The van der Waals surface area contributed by atoms with Crippen LogP contribution in [0.4, 0.5) is 0 Å². The summed E-state index contributed by atoms with van der Waals surface area (Å²) < 4.78 is 17.9.